The second-order valence-corrected chi connectivity index (χ2v) is 5.38. The molecule has 1 nitrogen and oxygen atoms in total. The van der Waals surface area contributed by atoms with Crippen LogP contribution in [0.4, 0.5) is 4.39 Å². The standard InChI is InChI=1S/C16H15Cl2FO/c1-3-20-15-7-4-10(2)8-13(15)16(18)12-6-5-11(17)9-14(12)19/h4-9,16H,3H2,1-2H3. The summed E-state index contributed by atoms with van der Waals surface area (Å²) in [5.74, 6) is 0.258. The molecule has 1 atom stereocenters. The van der Waals surface area contributed by atoms with Gasteiger partial charge in [0.25, 0.3) is 0 Å². The highest BCUT2D eigenvalue weighted by Crippen LogP contribution is 2.37. The van der Waals surface area contributed by atoms with E-state index in [1.807, 2.05) is 32.0 Å². The Kier molecular flexibility index (Phi) is 4.90. The molecule has 0 bridgehead atoms. The smallest absolute Gasteiger partial charge is 0.129 e. The molecule has 0 saturated heterocycles. The van der Waals surface area contributed by atoms with Gasteiger partial charge in [-0.05, 0) is 32.0 Å². The molecule has 0 aliphatic carbocycles. The third kappa shape index (κ3) is 3.25. The lowest BCUT2D eigenvalue weighted by Gasteiger charge is -2.17. The molecular weight excluding hydrogens is 298 g/mol. The van der Waals surface area contributed by atoms with E-state index in [-0.39, 0.29) is 0 Å². The summed E-state index contributed by atoms with van der Waals surface area (Å²) in [4.78, 5) is 0. The maximum atomic E-state index is 14.0. The Morgan fingerprint density at radius 3 is 2.55 bits per heavy atom. The highest BCUT2D eigenvalue weighted by molar-refractivity contribution is 6.30. The van der Waals surface area contributed by atoms with Crippen molar-refractivity contribution < 1.29 is 9.13 Å². The first kappa shape index (κ1) is 15.1. The molecule has 1 unspecified atom stereocenters. The normalized spacial score (nSPS) is 12.2. The van der Waals surface area contributed by atoms with Gasteiger partial charge in [-0.3, -0.25) is 0 Å². The Balaban J connectivity index is 2.46. The molecule has 4 heteroatoms. The first-order valence-corrected chi connectivity index (χ1v) is 7.16. The van der Waals surface area contributed by atoms with Crippen molar-refractivity contribution in [3.63, 3.8) is 0 Å². The van der Waals surface area contributed by atoms with Gasteiger partial charge in [0.2, 0.25) is 0 Å². The number of ether oxygens (including phenoxy) is 1. The van der Waals surface area contributed by atoms with Crippen LogP contribution in [-0.4, -0.2) is 6.61 Å². The molecule has 0 aliphatic heterocycles. The van der Waals surface area contributed by atoms with E-state index in [2.05, 4.69) is 0 Å². The lowest BCUT2D eigenvalue weighted by atomic mass is 10.0. The van der Waals surface area contributed by atoms with Gasteiger partial charge in [-0.15, -0.1) is 11.6 Å². The Morgan fingerprint density at radius 1 is 1.15 bits per heavy atom. The first-order chi connectivity index (χ1) is 9.52. The van der Waals surface area contributed by atoms with Crippen molar-refractivity contribution >= 4 is 23.2 Å². The van der Waals surface area contributed by atoms with Gasteiger partial charge in [-0.2, -0.15) is 0 Å². The number of rotatable bonds is 4. The molecule has 0 aliphatic rings. The molecule has 2 aromatic rings. The predicted octanol–water partition coefficient (Wildman–Crippen LogP) is 5.51. The third-order valence-corrected chi connectivity index (χ3v) is 3.68. The molecule has 2 aromatic carbocycles. The van der Waals surface area contributed by atoms with E-state index in [0.29, 0.717) is 22.9 Å². The lowest BCUT2D eigenvalue weighted by Crippen LogP contribution is -2.02. The van der Waals surface area contributed by atoms with Crippen LogP contribution in [0, 0.1) is 12.7 Å². The minimum Gasteiger partial charge on any atom is -0.494 e. The first-order valence-electron chi connectivity index (χ1n) is 6.35. The number of hydrogen-bond acceptors (Lipinski definition) is 1. The number of aryl methyl sites for hydroxylation is 1. The highest BCUT2D eigenvalue weighted by Gasteiger charge is 2.19. The van der Waals surface area contributed by atoms with Crippen molar-refractivity contribution in [2.75, 3.05) is 6.61 Å². The minimum absolute atomic E-state index is 0.351. The molecule has 106 valence electrons. The number of benzene rings is 2. The molecule has 0 radical (unpaired) electrons. The summed E-state index contributed by atoms with van der Waals surface area (Å²) in [5.41, 5.74) is 2.20. The fourth-order valence-electron chi connectivity index (χ4n) is 2.03. The van der Waals surface area contributed by atoms with Crippen LogP contribution >= 0.6 is 23.2 Å². The average Bonchev–Trinajstić information content (AvgIpc) is 2.40. The maximum Gasteiger partial charge on any atom is 0.129 e. The van der Waals surface area contributed by atoms with Crippen molar-refractivity contribution in [1.29, 1.82) is 0 Å². The summed E-state index contributed by atoms with van der Waals surface area (Å²) < 4.78 is 19.6. The lowest BCUT2D eigenvalue weighted by molar-refractivity contribution is 0.336. The van der Waals surface area contributed by atoms with Crippen molar-refractivity contribution in [3.8, 4) is 5.75 Å². The van der Waals surface area contributed by atoms with Crippen LogP contribution < -0.4 is 4.74 Å². The highest BCUT2D eigenvalue weighted by atomic mass is 35.5. The summed E-state index contributed by atoms with van der Waals surface area (Å²) >= 11 is 12.2. The van der Waals surface area contributed by atoms with E-state index < -0.39 is 11.2 Å². The topological polar surface area (TPSA) is 9.23 Å². The van der Waals surface area contributed by atoms with Gasteiger partial charge >= 0.3 is 0 Å². The number of alkyl halides is 1. The van der Waals surface area contributed by atoms with Gasteiger partial charge in [-0.25, -0.2) is 4.39 Å². The van der Waals surface area contributed by atoms with Crippen molar-refractivity contribution in [3.05, 3.63) is 63.9 Å². The average molecular weight is 313 g/mol. The van der Waals surface area contributed by atoms with Crippen LogP contribution in [0.5, 0.6) is 5.75 Å². The molecule has 2 rings (SSSR count). The summed E-state index contributed by atoms with van der Waals surface area (Å²) in [6.45, 7) is 4.39. The summed E-state index contributed by atoms with van der Waals surface area (Å²) in [7, 11) is 0. The summed E-state index contributed by atoms with van der Waals surface area (Å²) in [6, 6.07) is 10.2. The Morgan fingerprint density at radius 2 is 1.90 bits per heavy atom. The number of halogens is 3. The predicted molar refractivity (Wildman–Crippen MR) is 81.5 cm³/mol. The van der Waals surface area contributed by atoms with Crippen LogP contribution in [0.1, 0.15) is 29.0 Å². The van der Waals surface area contributed by atoms with Crippen LogP contribution in [-0.2, 0) is 0 Å². The van der Waals surface area contributed by atoms with Gasteiger partial charge < -0.3 is 4.74 Å². The quantitative estimate of drug-likeness (QED) is 0.676. The zero-order chi connectivity index (χ0) is 14.7. The Labute approximate surface area is 128 Å². The maximum absolute atomic E-state index is 14.0. The summed E-state index contributed by atoms with van der Waals surface area (Å²) in [6.07, 6.45) is 0. The minimum atomic E-state index is -0.617. The van der Waals surface area contributed by atoms with Crippen molar-refractivity contribution in [1.82, 2.24) is 0 Å². The van der Waals surface area contributed by atoms with E-state index in [1.165, 1.54) is 6.07 Å². The van der Waals surface area contributed by atoms with Gasteiger partial charge in [0, 0.05) is 16.1 Å². The molecule has 0 N–H and O–H groups in total. The molecular formula is C16H15Cl2FO. The van der Waals surface area contributed by atoms with E-state index in [9.17, 15) is 4.39 Å². The molecule has 0 aromatic heterocycles. The van der Waals surface area contributed by atoms with Gasteiger partial charge in [0.05, 0.1) is 12.0 Å². The van der Waals surface area contributed by atoms with E-state index in [4.69, 9.17) is 27.9 Å². The van der Waals surface area contributed by atoms with Crippen molar-refractivity contribution in [2.45, 2.75) is 19.2 Å². The van der Waals surface area contributed by atoms with Gasteiger partial charge in [0.15, 0.2) is 0 Å². The summed E-state index contributed by atoms with van der Waals surface area (Å²) in [5, 5.41) is -0.266. The second-order valence-electron chi connectivity index (χ2n) is 4.50. The van der Waals surface area contributed by atoms with E-state index >= 15 is 0 Å². The SMILES string of the molecule is CCOc1ccc(C)cc1C(Cl)c1ccc(Cl)cc1F. The van der Waals surface area contributed by atoms with E-state index in [1.54, 1.807) is 12.1 Å². The Bertz CT molecular complexity index is 613. The van der Waals surface area contributed by atoms with Gasteiger partial charge in [-0.1, -0.05) is 35.4 Å². The Hall–Kier alpha value is -1.25. The molecule has 0 fully saturated rings. The van der Waals surface area contributed by atoms with Crippen LogP contribution in [0.3, 0.4) is 0 Å². The van der Waals surface area contributed by atoms with Crippen LogP contribution in [0.25, 0.3) is 0 Å². The van der Waals surface area contributed by atoms with E-state index in [0.717, 1.165) is 11.1 Å². The second kappa shape index (κ2) is 6.47. The molecule has 20 heavy (non-hydrogen) atoms. The molecule has 0 saturated carbocycles. The van der Waals surface area contributed by atoms with Gasteiger partial charge in [0.1, 0.15) is 11.6 Å². The molecule has 0 heterocycles. The molecule has 0 spiro atoms. The largest absolute Gasteiger partial charge is 0.494 e. The van der Waals surface area contributed by atoms with Crippen LogP contribution in [0.2, 0.25) is 5.02 Å². The monoisotopic (exact) mass is 312 g/mol. The number of hydrogen-bond donors (Lipinski definition) is 0. The van der Waals surface area contributed by atoms with Crippen LogP contribution in [0.15, 0.2) is 36.4 Å². The molecule has 0 amide bonds. The van der Waals surface area contributed by atoms with Crippen molar-refractivity contribution in [2.24, 2.45) is 0 Å². The zero-order valence-electron chi connectivity index (χ0n) is 11.3. The fourth-order valence-corrected chi connectivity index (χ4v) is 2.53. The fraction of sp³-hybridized carbons (Fsp3) is 0.250. The third-order valence-electron chi connectivity index (χ3n) is 2.97. The zero-order valence-corrected chi connectivity index (χ0v) is 12.8.